The molecule has 1 atom stereocenters. The molecule has 0 bridgehead atoms. The molecular formula is C33H37N5O7. The van der Waals surface area contributed by atoms with Crippen LogP contribution in [0.4, 0.5) is 4.79 Å². The number of cyclic esters (lactones) is 1. The molecule has 2 aromatic heterocycles. The highest BCUT2D eigenvalue weighted by Crippen LogP contribution is 2.40. The first-order valence-electron chi connectivity index (χ1n) is 15.8. The summed E-state index contributed by atoms with van der Waals surface area (Å²) in [7, 11) is 0. The molecule has 12 heteroatoms. The maximum atomic E-state index is 13.5. The lowest BCUT2D eigenvalue weighted by molar-refractivity contribution is -0.172. The predicted octanol–water partition coefficient (Wildman–Crippen LogP) is 3.53. The summed E-state index contributed by atoms with van der Waals surface area (Å²) in [5.74, 6) is -0.408. The second-order valence-corrected chi connectivity index (χ2v) is 12.4. The minimum absolute atomic E-state index is 0.0630. The summed E-state index contributed by atoms with van der Waals surface area (Å²) in [5, 5.41) is 24.3. The number of aromatic nitrogens is 2. The topological polar surface area (TPSA) is 147 Å². The largest absolute Gasteiger partial charge is 0.458 e. The number of esters is 1. The third-order valence-corrected chi connectivity index (χ3v) is 9.96. The number of rotatable bonds is 5. The van der Waals surface area contributed by atoms with Crippen LogP contribution in [0.15, 0.2) is 34.2 Å². The van der Waals surface area contributed by atoms with Gasteiger partial charge in [-0.3, -0.25) is 4.79 Å². The summed E-state index contributed by atoms with van der Waals surface area (Å²) in [4.78, 5) is 48.6. The van der Waals surface area contributed by atoms with Gasteiger partial charge in [0.05, 0.1) is 29.0 Å². The number of nitrogens with zero attached hydrogens (tertiary/aromatic N) is 5. The molecule has 1 amide bonds. The van der Waals surface area contributed by atoms with Gasteiger partial charge in [0.2, 0.25) is 0 Å². The Kier molecular flexibility index (Phi) is 7.57. The molecule has 0 radical (unpaired) electrons. The molecule has 0 aliphatic carbocycles. The number of pyridine rings is 2. The third kappa shape index (κ3) is 4.96. The maximum absolute atomic E-state index is 13.5. The Bertz CT molecular complexity index is 1770. The van der Waals surface area contributed by atoms with Gasteiger partial charge in [-0.1, -0.05) is 13.3 Å². The van der Waals surface area contributed by atoms with E-state index >= 15 is 0 Å². The van der Waals surface area contributed by atoms with Crippen molar-refractivity contribution >= 4 is 29.2 Å². The van der Waals surface area contributed by atoms with Crippen molar-refractivity contribution in [3.63, 3.8) is 0 Å². The molecule has 3 aromatic rings. The number of fused-ring (bicyclic) bond motifs is 5. The van der Waals surface area contributed by atoms with Crippen LogP contribution >= 0.6 is 0 Å². The summed E-state index contributed by atoms with van der Waals surface area (Å²) in [5.41, 5.74) is 1.36. The van der Waals surface area contributed by atoms with E-state index in [9.17, 15) is 24.7 Å². The number of hydrogen-bond acceptors (Lipinski definition) is 10. The molecule has 6 heterocycles. The predicted molar refractivity (Wildman–Crippen MR) is 165 cm³/mol. The lowest BCUT2D eigenvalue weighted by Crippen LogP contribution is -2.48. The monoisotopic (exact) mass is 615 g/mol. The Morgan fingerprint density at radius 2 is 1.93 bits per heavy atom. The molecule has 236 valence electrons. The Balaban J connectivity index is 1.19. The number of benzene rings is 1. The fourth-order valence-electron chi connectivity index (χ4n) is 7.39. The Morgan fingerprint density at radius 3 is 2.67 bits per heavy atom. The van der Waals surface area contributed by atoms with E-state index in [2.05, 4.69) is 10.1 Å². The van der Waals surface area contributed by atoms with Crippen molar-refractivity contribution in [3.8, 4) is 17.1 Å². The second-order valence-electron chi connectivity index (χ2n) is 12.4. The average Bonchev–Trinajstić information content (AvgIpc) is 3.43. The minimum Gasteiger partial charge on any atom is -0.458 e. The highest BCUT2D eigenvalue weighted by atomic mass is 16.6. The number of carbonyl (C=O) groups excluding carboxylic acids is 2. The molecular weight excluding hydrogens is 578 g/mol. The van der Waals surface area contributed by atoms with Crippen molar-refractivity contribution in [3.05, 3.63) is 56.9 Å². The van der Waals surface area contributed by atoms with Gasteiger partial charge in [-0.05, 0) is 69.5 Å². The summed E-state index contributed by atoms with van der Waals surface area (Å²) in [6, 6.07) is 7.56. The second kappa shape index (κ2) is 11.6. The molecule has 0 unspecified atom stereocenters. The molecule has 12 nitrogen and oxygen atoms in total. The standard InChI is InChI=1S/C33H37N5O7/c1-2-33(42)25-17-27-29-20(18-38(27)30(39)24(25)19-44-31(33)40)16-23-22(8-11-34-43)28(7-6-26(23)35-29)45-32(41)37-14-9-21(10-15-37)36-12-4-3-5-13-36/h6-7,11,16-17,21,42-43H,2-5,8-10,12-15,18-19H2,1H3/b34-11+/t33-/m0/s1. The molecule has 4 aliphatic heterocycles. The van der Waals surface area contributed by atoms with E-state index in [0.717, 1.165) is 31.5 Å². The first-order chi connectivity index (χ1) is 21.8. The zero-order valence-corrected chi connectivity index (χ0v) is 25.3. The first-order valence-corrected chi connectivity index (χ1v) is 15.8. The van der Waals surface area contributed by atoms with Crippen LogP contribution < -0.4 is 10.3 Å². The van der Waals surface area contributed by atoms with Crippen LogP contribution in [0.1, 0.15) is 67.7 Å². The first kappa shape index (κ1) is 29.4. The highest BCUT2D eigenvalue weighted by molar-refractivity contribution is 5.91. The Labute approximate surface area is 259 Å². The van der Waals surface area contributed by atoms with Gasteiger partial charge >= 0.3 is 12.1 Å². The van der Waals surface area contributed by atoms with E-state index in [1.165, 1.54) is 25.5 Å². The van der Waals surface area contributed by atoms with Crippen LogP contribution in [0.5, 0.6) is 5.75 Å². The summed E-state index contributed by atoms with van der Waals surface area (Å²) < 4.78 is 12.7. The zero-order valence-electron chi connectivity index (χ0n) is 25.3. The van der Waals surface area contributed by atoms with Crippen molar-refractivity contribution in [2.45, 2.75) is 76.7 Å². The third-order valence-electron chi connectivity index (χ3n) is 9.96. The van der Waals surface area contributed by atoms with Gasteiger partial charge in [-0.15, -0.1) is 5.16 Å². The van der Waals surface area contributed by atoms with Crippen LogP contribution in [0.2, 0.25) is 0 Å². The molecule has 2 N–H and O–H groups in total. The molecule has 2 fully saturated rings. The number of likely N-dealkylation sites (tertiary alicyclic amines) is 2. The van der Waals surface area contributed by atoms with Crippen molar-refractivity contribution in [2.75, 3.05) is 26.2 Å². The molecule has 45 heavy (non-hydrogen) atoms. The van der Waals surface area contributed by atoms with Crippen LogP contribution in [0, 0.1) is 0 Å². The number of carbonyl (C=O) groups is 2. The van der Waals surface area contributed by atoms with Crippen molar-refractivity contribution in [1.29, 1.82) is 0 Å². The van der Waals surface area contributed by atoms with Gasteiger partial charge in [0, 0.05) is 53.8 Å². The normalized spacial score (nSPS) is 21.9. The van der Waals surface area contributed by atoms with Gasteiger partial charge in [-0.25, -0.2) is 14.6 Å². The quantitative estimate of drug-likeness (QED) is 0.149. The fraction of sp³-hybridized carbons (Fsp3) is 0.485. The molecule has 7 rings (SSSR count). The molecule has 2 saturated heterocycles. The summed E-state index contributed by atoms with van der Waals surface area (Å²) >= 11 is 0. The SMILES string of the molecule is CC[C@@]1(O)C(=O)OCc2c1cc1n(c2=O)Cc2cc3c(C/C=N/O)c(OC(=O)N4CCC(N5CCCCC5)CC4)ccc3nc2-1. The smallest absolute Gasteiger partial charge is 0.415 e. The fourth-order valence-corrected chi connectivity index (χ4v) is 7.39. The van der Waals surface area contributed by atoms with Crippen LogP contribution in [-0.2, 0) is 34.7 Å². The van der Waals surface area contributed by atoms with Gasteiger partial charge in [0.15, 0.2) is 5.60 Å². The van der Waals surface area contributed by atoms with Crippen molar-refractivity contribution < 1.29 is 29.4 Å². The Hall–Kier alpha value is -4.29. The summed E-state index contributed by atoms with van der Waals surface area (Å²) in [6.07, 6.45) is 6.80. The lowest BCUT2D eigenvalue weighted by Gasteiger charge is -2.39. The van der Waals surface area contributed by atoms with E-state index in [1.807, 2.05) is 6.07 Å². The number of hydrogen-bond donors (Lipinski definition) is 2. The van der Waals surface area contributed by atoms with E-state index in [0.29, 0.717) is 52.7 Å². The van der Waals surface area contributed by atoms with Crippen LogP contribution in [-0.4, -0.2) is 80.2 Å². The minimum atomic E-state index is -1.90. The van der Waals surface area contributed by atoms with Gasteiger partial charge in [-0.2, -0.15) is 0 Å². The van der Waals surface area contributed by atoms with Crippen LogP contribution in [0.3, 0.4) is 0 Å². The van der Waals surface area contributed by atoms with Crippen molar-refractivity contribution in [1.82, 2.24) is 19.4 Å². The van der Waals surface area contributed by atoms with Crippen molar-refractivity contribution in [2.24, 2.45) is 5.16 Å². The van der Waals surface area contributed by atoms with E-state index < -0.39 is 17.7 Å². The molecule has 1 aromatic carbocycles. The van der Waals surface area contributed by atoms with Gasteiger partial charge in [0.1, 0.15) is 12.4 Å². The van der Waals surface area contributed by atoms with Crippen LogP contribution in [0.25, 0.3) is 22.3 Å². The molecule has 0 spiro atoms. The number of amides is 1. The average molecular weight is 616 g/mol. The van der Waals surface area contributed by atoms with E-state index in [-0.39, 0.29) is 42.7 Å². The van der Waals surface area contributed by atoms with Gasteiger partial charge < -0.3 is 34.2 Å². The highest BCUT2D eigenvalue weighted by Gasteiger charge is 2.45. The molecule has 4 aliphatic rings. The van der Waals surface area contributed by atoms with E-state index in [1.54, 1.807) is 34.6 Å². The lowest BCUT2D eigenvalue weighted by atomic mass is 9.86. The number of ether oxygens (including phenoxy) is 2. The van der Waals surface area contributed by atoms with Gasteiger partial charge in [0.25, 0.3) is 5.56 Å². The number of oxime groups is 1. The number of piperidine rings is 2. The molecule has 0 saturated carbocycles. The number of aliphatic hydroxyl groups is 1. The summed E-state index contributed by atoms with van der Waals surface area (Å²) in [6.45, 7) is 5.25. The Morgan fingerprint density at radius 1 is 1.16 bits per heavy atom. The zero-order chi connectivity index (χ0) is 31.3. The van der Waals surface area contributed by atoms with E-state index in [4.69, 9.17) is 14.5 Å². The maximum Gasteiger partial charge on any atom is 0.415 e.